The van der Waals surface area contributed by atoms with Crippen molar-refractivity contribution in [3.8, 4) is 17.2 Å². The van der Waals surface area contributed by atoms with Gasteiger partial charge >= 0.3 is 0 Å². The molecule has 0 bridgehead atoms. The SMILES string of the molecule is COc1ccc(OC)c(NC(=O)COc2ccc(S(=O)(=O)N3CCCc4ccccc43)cc2Cl)c1. The second-order valence-electron chi connectivity index (χ2n) is 7.80. The zero-order chi connectivity index (χ0) is 25.0. The van der Waals surface area contributed by atoms with E-state index in [2.05, 4.69) is 5.32 Å². The van der Waals surface area contributed by atoms with Gasteiger partial charge in [0.05, 0.1) is 35.5 Å². The van der Waals surface area contributed by atoms with Crippen LogP contribution in [0.1, 0.15) is 12.0 Å². The maximum absolute atomic E-state index is 13.3. The van der Waals surface area contributed by atoms with Crippen molar-refractivity contribution in [1.82, 2.24) is 0 Å². The molecule has 0 saturated carbocycles. The molecule has 0 radical (unpaired) electrons. The Kier molecular flexibility index (Phi) is 7.37. The third-order valence-electron chi connectivity index (χ3n) is 5.60. The van der Waals surface area contributed by atoms with E-state index in [1.165, 1.54) is 36.7 Å². The topological polar surface area (TPSA) is 94.2 Å². The molecular weight excluding hydrogens is 492 g/mol. The first-order valence-electron chi connectivity index (χ1n) is 10.9. The first-order valence-corrected chi connectivity index (χ1v) is 12.7. The number of methoxy groups -OCH3 is 2. The molecule has 1 aliphatic heterocycles. The van der Waals surface area contributed by atoms with Crippen molar-refractivity contribution in [2.45, 2.75) is 17.7 Å². The number of carbonyl (C=O) groups excluding carboxylic acids is 1. The van der Waals surface area contributed by atoms with Crippen LogP contribution in [-0.2, 0) is 21.2 Å². The van der Waals surface area contributed by atoms with Crippen LogP contribution >= 0.6 is 11.6 Å². The zero-order valence-electron chi connectivity index (χ0n) is 19.3. The van der Waals surface area contributed by atoms with Crippen LogP contribution < -0.4 is 23.8 Å². The molecule has 1 amide bonds. The molecule has 0 fully saturated rings. The Hall–Kier alpha value is -3.43. The number of nitrogens with one attached hydrogen (secondary N) is 1. The predicted octanol–water partition coefficient (Wildman–Crippen LogP) is 4.52. The molecule has 0 spiro atoms. The third-order valence-corrected chi connectivity index (χ3v) is 7.70. The number of anilines is 2. The normalized spacial score (nSPS) is 13.1. The van der Waals surface area contributed by atoms with Crippen LogP contribution in [0.3, 0.4) is 0 Å². The van der Waals surface area contributed by atoms with E-state index in [1.54, 1.807) is 24.3 Å². The molecule has 3 aromatic rings. The number of carbonyl (C=O) groups is 1. The standard InChI is InChI=1S/C25H25ClN2O6S/c1-32-18-9-11-24(33-2)21(14-18)27-25(29)16-34-23-12-10-19(15-20(23)26)35(30,31)28-13-5-7-17-6-3-4-8-22(17)28/h3-4,6,8-12,14-15H,5,7,13,16H2,1-2H3,(H,27,29). The highest BCUT2D eigenvalue weighted by Gasteiger charge is 2.29. The number of rotatable bonds is 8. The molecule has 1 N–H and O–H groups in total. The summed E-state index contributed by atoms with van der Waals surface area (Å²) < 4.78 is 44.1. The van der Waals surface area contributed by atoms with Crippen LogP contribution in [0.4, 0.5) is 11.4 Å². The minimum absolute atomic E-state index is 0.0529. The third kappa shape index (κ3) is 5.31. The highest BCUT2D eigenvalue weighted by atomic mass is 35.5. The van der Waals surface area contributed by atoms with E-state index in [-0.39, 0.29) is 22.3 Å². The van der Waals surface area contributed by atoms with Gasteiger partial charge in [0.1, 0.15) is 17.2 Å². The fourth-order valence-electron chi connectivity index (χ4n) is 3.88. The van der Waals surface area contributed by atoms with Crippen molar-refractivity contribution in [2.75, 3.05) is 37.0 Å². The maximum Gasteiger partial charge on any atom is 0.264 e. The summed E-state index contributed by atoms with van der Waals surface area (Å²) in [5, 5.41) is 2.79. The van der Waals surface area contributed by atoms with E-state index in [4.69, 9.17) is 25.8 Å². The molecule has 10 heteroatoms. The lowest BCUT2D eigenvalue weighted by Gasteiger charge is -2.30. The van der Waals surface area contributed by atoms with Crippen molar-refractivity contribution < 1.29 is 27.4 Å². The number of hydrogen-bond donors (Lipinski definition) is 1. The number of aryl methyl sites for hydroxylation is 1. The first-order chi connectivity index (χ1) is 16.8. The zero-order valence-corrected chi connectivity index (χ0v) is 20.9. The van der Waals surface area contributed by atoms with Gasteiger partial charge in [-0.15, -0.1) is 0 Å². The summed E-state index contributed by atoms with van der Waals surface area (Å²) in [6.07, 6.45) is 1.57. The van der Waals surface area contributed by atoms with Gasteiger partial charge in [-0.25, -0.2) is 8.42 Å². The van der Waals surface area contributed by atoms with Crippen molar-refractivity contribution in [3.05, 3.63) is 71.2 Å². The van der Waals surface area contributed by atoms with Gasteiger partial charge in [-0.2, -0.15) is 0 Å². The number of ether oxygens (including phenoxy) is 3. The fraction of sp³-hybridized carbons (Fsp3) is 0.240. The van der Waals surface area contributed by atoms with E-state index in [9.17, 15) is 13.2 Å². The molecule has 35 heavy (non-hydrogen) atoms. The van der Waals surface area contributed by atoms with Crippen LogP contribution in [0.2, 0.25) is 5.02 Å². The van der Waals surface area contributed by atoms with Crippen LogP contribution in [0.25, 0.3) is 0 Å². The van der Waals surface area contributed by atoms with E-state index in [0.717, 1.165) is 18.4 Å². The van der Waals surface area contributed by atoms with Gasteiger partial charge in [0.25, 0.3) is 15.9 Å². The Morgan fingerprint density at radius 2 is 1.80 bits per heavy atom. The Morgan fingerprint density at radius 3 is 2.54 bits per heavy atom. The molecule has 0 aromatic heterocycles. The van der Waals surface area contributed by atoms with Gasteiger partial charge in [-0.05, 0) is 54.8 Å². The molecule has 3 aromatic carbocycles. The highest BCUT2D eigenvalue weighted by molar-refractivity contribution is 7.92. The largest absolute Gasteiger partial charge is 0.497 e. The summed E-state index contributed by atoms with van der Waals surface area (Å²) in [7, 11) is -0.801. The maximum atomic E-state index is 13.3. The number of halogens is 1. The minimum atomic E-state index is -3.81. The lowest BCUT2D eigenvalue weighted by Crippen LogP contribution is -2.35. The molecule has 4 rings (SSSR count). The number of hydrogen-bond acceptors (Lipinski definition) is 6. The smallest absolute Gasteiger partial charge is 0.264 e. The molecule has 1 aliphatic rings. The second-order valence-corrected chi connectivity index (χ2v) is 10.1. The lowest BCUT2D eigenvalue weighted by atomic mass is 10.0. The molecule has 0 aliphatic carbocycles. The number of amides is 1. The van der Waals surface area contributed by atoms with E-state index >= 15 is 0 Å². The summed E-state index contributed by atoms with van der Waals surface area (Å²) in [5.41, 5.74) is 2.10. The summed E-state index contributed by atoms with van der Waals surface area (Å²) in [6.45, 7) is 0.0504. The second kappa shape index (κ2) is 10.5. The Bertz CT molecular complexity index is 1350. The minimum Gasteiger partial charge on any atom is -0.497 e. The van der Waals surface area contributed by atoms with E-state index < -0.39 is 15.9 Å². The van der Waals surface area contributed by atoms with Gasteiger partial charge in [-0.3, -0.25) is 9.10 Å². The number of fused-ring (bicyclic) bond motifs is 1. The Labute approximate surface area is 209 Å². The number of nitrogens with zero attached hydrogens (tertiary/aromatic N) is 1. The first kappa shape index (κ1) is 24.7. The molecule has 0 atom stereocenters. The van der Waals surface area contributed by atoms with E-state index in [0.29, 0.717) is 29.4 Å². The number of sulfonamides is 1. The van der Waals surface area contributed by atoms with Crippen molar-refractivity contribution in [1.29, 1.82) is 0 Å². The van der Waals surface area contributed by atoms with Gasteiger partial charge in [-0.1, -0.05) is 29.8 Å². The average molecular weight is 517 g/mol. The summed E-state index contributed by atoms with van der Waals surface area (Å²) in [6, 6.07) is 16.7. The Balaban J connectivity index is 1.46. The summed E-state index contributed by atoms with van der Waals surface area (Å²) in [5.74, 6) is 0.760. The van der Waals surface area contributed by atoms with Gasteiger partial charge in [0.15, 0.2) is 6.61 Å². The Morgan fingerprint density at radius 1 is 1.03 bits per heavy atom. The van der Waals surface area contributed by atoms with Crippen molar-refractivity contribution in [2.24, 2.45) is 0 Å². The quantitative estimate of drug-likeness (QED) is 0.473. The molecule has 0 unspecified atom stereocenters. The lowest BCUT2D eigenvalue weighted by molar-refractivity contribution is -0.118. The monoisotopic (exact) mass is 516 g/mol. The summed E-state index contributed by atoms with van der Waals surface area (Å²) in [4.78, 5) is 12.5. The van der Waals surface area contributed by atoms with Crippen LogP contribution in [0.5, 0.6) is 17.2 Å². The van der Waals surface area contributed by atoms with Crippen LogP contribution in [-0.4, -0.2) is 41.7 Å². The predicted molar refractivity (Wildman–Crippen MR) is 134 cm³/mol. The van der Waals surface area contributed by atoms with Gasteiger partial charge < -0.3 is 19.5 Å². The van der Waals surface area contributed by atoms with E-state index in [1.807, 2.05) is 18.2 Å². The molecule has 8 nitrogen and oxygen atoms in total. The van der Waals surface area contributed by atoms with Crippen LogP contribution in [0.15, 0.2) is 65.6 Å². The van der Waals surface area contributed by atoms with Crippen LogP contribution in [0, 0.1) is 0 Å². The van der Waals surface area contributed by atoms with Crippen molar-refractivity contribution in [3.63, 3.8) is 0 Å². The molecule has 184 valence electrons. The molecular formula is C25H25ClN2O6S. The highest BCUT2D eigenvalue weighted by Crippen LogP contribution is 2.34. The number of benzene rings is 3. The van der Waals surface area contributed by atoms with Crippen molar-refractivity contribution >= 4 is 38.9 Å². The van der Waals surface area contributed by atoms with Gasteiger partial charge in [0.2, 0.25) is 0 Å². The average Bonchev–Trinajstić information content (AvgIpc) is 2.87. The summed E-state index contributed by atoms with van der Waals surface area (Å²) >= 11 is 6.33. The molecule has 1 heterocycles. The van der Waals surface area contributed by atoms with Gasteiger partial charge in [0, 0.05) is 12.6 Å². The fourth-order valence-corrected chi connectivity index (χ4v) is 5.74. The molecule has 0 saturated heterocycles. The number of para-hydroxylation sites is 1.